The van der Waals surface area contributed by atoms with Crippen LogP contribution in [0.2, 0.25) is 5.02 Å². The molecule has 0 spiro atoms. The molecule has 2 aromatic heterocycles. The maximum Gasteiger partial charge on any atom is 0.273 e. The van der Waals surface area contributed by atoms with E-state index in [1.54, 1.807) is 12.4 Å². The van der Waals surface area contributed by atoms with Crippen LogP contribution in [0.5, 0.6) is 0 Å². The highest BCUT2D eigenvalue weighted by atomic mass is 35.5. The molecule has 0 N–H and O–H groups in total. The smallest absolute Gasteiger partial charge is 0.273 e. The first-order valence-corrected chi connectivity index (χ1v) is 9.92. The highest BCUT2D eigenvalue weighted by Gasteiger charge is 2.33. The summed E-state index contributed by atoms with van der Waals surface area (Å²) >= 11 is 6.26. The molecule has 1 aromatic carbocycles. The summed E-state index contributed by atoms with van der Waals surface area (Å²) < 4.78 is 6.04. The number of carbonyl (C=O) groups excluding carboxylic acids is 1. The van der Waals surface area contributed by atoms with Crippen molar-refractivity contribution in [3.05, 3.63) is 82.3 Å². The molecule has 4 rings (SSSR count). The molecule has 28 heavy (non-hydrogen) atoms. The van der Waals surface area contributed by atoms with Gasteiger partial charge >= 0.3 is 0 Å². The number of aromatic nitrogens is 2. The summed E-state index contributed by atoms with van der Waals surface area (Å²) in [5.41, 5.74) is 2.37. The van der Waals surface area contributed by atoms with Crippen molar-refractivity contribution in [3.63, 3.8) is 0 Å². The van der Waals surface area contributed by atoms with Crippen LogP contribution in [0.3, 0.4) is 0 Å². The van der Waals surface area contributed by atoms with Gasteiger partial charge in [-0.1, -0.05) is 35.9 Å². The second-order valence-corrected chi connectivity index (χ2v) is 7.52. The molecule has 0 radical (unpaired) electrons. The van der Waals surface area contributed by atoms with Crippen LogP contribution in [0, 0.1) is 6.92 Å². The van der Waals surface area contributed by atoms with Crippen LogP contribution in [0.1, 0.15) is 58.6 Å². The van der Waals surface area contributed by atoms with Crippen molar-refractivity contribution >= 4 is 17.5 Å². The third-order valence-corrected chi connectivity index (χ3v) is 5.52. The molecule has 1 aliphatic rings. The van der Waals surface area contributed by atoms with Crippen molar-refractivity contribution in [2.24, 2.45) is 0 Å². The lowest BCUT2D eigenvalue weighted by Gasteiger charge is -2.33. The summed E-state index contributed by atoms with van der Waals surface area (Å²) in [5.74, 6) is 1.27. The molecule has 6 heteroatoms. The van der Waals surface area contributed by atoms with Crippen LogP contribution >= 0.6 is 11.6 Å². The van der Waals surface area contributed by atoms with E-state index < -0.39 is 0 Å². The molecule has 144 valence electrons. The van der Waals surface area contributed by atoms with Crippen molar-refractivity contribution in [1.29, 1.82) is 0 Å². The van der Waals surface area contributed by atoms with E-state index in [2.05, 4.69) is 9.97 Å². The molecule has 1 fully saturated rings. The van der Waals surface area contributed by atoms with Gasteiger partial charge in [0.2, 0.25) is 5.89 Å². The number of likely N-dealkylation sites (tertiary alicyclic amines) is 1. The largest absolute Gasteiger partial charge is 0.443 e. The van der Waals surface area contributed by atoms with Crippen LogP contribution in [-0.4, -0.2) is 27.3 Å². The fraction of sp³-hybridized carbons (Fsp3) is 0.318. The maximum atomic E-state index is 13.1. The molecule has 1 aliphatic heterocycles. The van der Waals surface area contributed by atoms with Crippen LogP contribution in [-0.2, 0) is 6.42 Å². The van der Waals surface area contributed by atoms with Crippen molar-refractivity contribution in [1.82, 2.24) is 14.9 Å². The van der Waals surface area contributed by atoms with Crippen LogP contribution < -0.4 is 0 Å². The van der Waals surface area contributed by atoms with Gasteiger partial charge in [-0.25, -0.2) is 4.98 Å². The molecular formula is C22H22ClN3O2. The number of amides is 1. The minimum atomic E-state index is -0.164. The van der Waals surface area contributed by atoms with Gasteiger partial charge in [-0.15, -0.1) is 0 Å². The van der Waals surface area contributed by atoms with Gasteiger partial charge < -0.3 is 9.32 Å². The van der Waals surface area contributed by atoms with Gasteiger partial charge in [-0.2, -0.15) is 0 Å². The van der Waals surface area contributed by atoms with E-state index in [1.807, 2.05) is 48.2 Å². The highest BCUT2D eigenvalue weighted by molar-refractivity contribution is 6.31. The first-order valence-electron chi connectivity index (χ1n) is 9.54. The number of piperidine rings is 1. The summed E-state index contributed by atoms with van der Waals surface area (Å²) in [7, 11) is 0. The second-order valence-electron chi connectivity index (χ2n) is 7.11. The standard InChI is InChI=1S/C22H22ClN3O2/c1-15-7-6-11-24-20(15)22(27)26-12-5-4-10-19(26)21-25-14-17(28-21)13-16-8-2-3-9-18(16)23/h2-3,6-9,11,14,19H,4-5,10,12-13H2,1H3. The number of aryl methyl sites for hydroxylation is 1. The predicted molar refractivity (Wildman–Crippen MR) is 107 cm³/mol. The Bertz CT molecular complexity index is 985. The monoisotopic (exact) mass is 395 g/mol. The first-order chi connectivity index (χ1) is 13.6. The number of hydrogen-bond acceptors (Lipinski definition) is 4. The van der Waals surface area contributed by atoms with E-state index in [-0.39, 0.29) is 11.9 Å². The van der Waals surface area contributed by atoms with E-state index >= 15 is 0 Å². The summed E-state index contributed by atoms with van der Waals surface area (Å²) in [6.07, 6.45) is 6.82. The molecule has 3 aromatic rings. The molecule has 1 amide bonds. The Kier molecular flexibility index (Phi) is 5.44. The molecule has 0 bridgehead atoms. The SMILES string of the molecule is Cc1cccnc1C(=O)N1CCCCC1c1ncc(Cc2ccccc2Cl)o1. The summed E-state index contributed by atoms with van der Waals surface area (Å²) in [4.78, 5) is 23.8. The molecule has 0 saturated carbocycles. The van der Waals surface area contributed by atoms with Gasteiger partial charge in [0.1, 0.15) is 17.5 Å². The van der Waals surface area contributed by atoms with E-state index in [0.29, 0.717) is 29.6 Å². The maximum absolute atomic E-state index is 13.1. The van der Waals surface area contributed by atoms with E-state index in [4.69, 9.17) is 16.0 Å². The van der Waals surface area contributed by atoms with Crippen LogP contribution in [0.25, 0.3) is 0 Å². The number of halogens is 1. The molecule has 3 heterocycles. The number of benzene rings is 1. The highest BCUT2D eigenvalue weighted by Crippen LogP contribution is 2.32. The van der Waals surface area contributed by atoms with Crippen molar-refractivity contribution in [2.45, 2.75) is 38.6 Å². The van der Waals surface area contributed by atoms with Crippen molar-refractivity contribution < 1.29 is 9.21 Å². The van der Waals surface area contributed by atoms with E-state index in [0.717, 1.165) is 36.1 Å². The number of carbonyl (C=O) groups is 1. The zero-order valence-electron chi connectivity index (χ0n) is 15.8. The molecular weight excluding hydrogens is 374 g/mol. The van der Waals surface area contributed by atoms with Crippen LogP contribution in [0.4, 0.5) is 0 Å². The Morgan fingerprint density at radius 1 is 1.21 bits per heavy atom. The lowest BCUT2D eigenvalue weighted by molar-refractivity contribution is 0.0563. The number of rotatable bonds is 4. The zero-order valence-corrected chi connectivity index (χ0v) is 16.5. The lowest BCUT2D eigenvalue weighted by atomic mass is 10.0. The van der Waals surface area contributed by atoms with Gasteiger partial charge in [-0.3, -0.25) is 9.78 Å². The minimum Gasteiger partial charge on any atom is -0.443 e. The summed E-state index contributed by atoms with van der Waals surface area (Å²) in [5, 5.41) is 0.709. The summed E-state index contributed by atoms with van der Waals surface area (Å²) in [6.45, 7) is 2.59. The third kappa shape index (κ3) is 3.80. The van der Waals surface area contributed by atoms with Gasteiger partial charge in [0.15, 0.2) is 0 Å². The molecule has 5 nitrogen and oxygen atoms in total. The Balaban J connectivity index is 1.57. The number of pyridine rings is 1. The quantitative estimate of drug-likeness (QED) is 0.624. The second kappa shape index (κ2) is 8.15. The Morgan fingerprint density at radius 2 is 2.07 bits per heavy atom. The van der Waals surface area contributed by atoms with Crippen molar-refractivity contribution in [2.75, 3.05) is 6.54 Å². The molecule has 0 aliphatic carbocycles. The van der Waals surface area contributed by atoms with Crippen LogP contribution in [0.15, 0.2) is 53.2 Å². The lowest BCUT2D eigenvalue weighted by Crippen LogP contribution is -2.39. The normalized spacial score (nSPS) is 16.9. The van der Waals surface area contributed by atoms with E-state index in [9.17, 15) is 4.79 Å². The first kappa shape index (κ1) is 18.7. The Hall–Kier alpha value is -2.66. The van der Waals surface area contributed by atoms with Gasteiger partial charge in [0, 0.05) is 24.2 Å². The van der Waals surface area contributed by atoms with Gasteiger partial charge in [0.25, 0.3) is 5.91 Å². The fourth-order valence-electron chi connectivity index (χ4n) is 3.66. The predicted octanol–water partition coefficient (Wildman–Crippen LogP) is 4.99. The molecule has 1 saturated heterocycles. The average molecular weight is 396 g/mol. The van der Waals surface area contributed by atoms with Gasteiger partial charge in [-0.05, 0) is 49.4 Å². The van der Waals surface area contributed by atoms with Gasteiger partial charge in [0.05, 0.1) is 6.20 Å². The van der Waals surface area contributed by atoms with Crippen molar-refractivity contribution in [3.8, 4) is 0 Å². The molecule has 1 unspecified atom stereocenters. The topological polar surface area (TPSA) is 59.2 Å². The minimum absolute atomic E-state index is 0.0614. The Morgan fingerprint density at radius 3 is 2.89 bits per heavy atom. The average Bonchev–Trinajstić information content (AvgIpc) is 3.18. The summed E-state index contributed by atoms with van der Waals surface area (Å²) in [6, 6.07) is 11.3. The zero-order chi connectivity index (χ0) is 19.5. The molecule has 1 atom stereocenters. The third-order valence-electron chi connectivity index (χ3n) is 5.15. The fourth-order valence-corrected chi connectivity index (χ4v) is 3.87. The number of hydrogen-bond donors (Lipinski definition) is 0. The Labute approximate surface area is 169 Å². The van der Waals surface area contributed by atoms with E-state index in [1.165, 1.54) is 0 Å². The number of nitrogens with zero attached hydrogens (tertiary/aromatic N) is 3. The number of oxazole rings is 1.